The van der Waals surface area contributed by atoms with E-state index in [0.717, 1.165) is 16.2 Å². The van der Waals surface area contributed by atoms with E-state index >= 15 is 0 Å². The highest BCUT2D eigenvalue weighted by molar-refractivity contribution is 9.10. The molecule has 0 spiro atoms. The second kappa shape index (κ2) is 6.32. The summed E-state index contributed by atoms with van der Waals surface area (Å²) < 4.78 is 41.9. The highest BCUT2D eigenvalue weighted by Gasteiger charge is 2.37. The van der Waals surface area contributed by atoms with Crippen molar-refractivity contribution < 1.29 is 13.2 Å². The molecule has 0 N–H and O–H groups in total. The molecular formula is C13H6BrF3N8S. The summed E-state index contributed by atoms with van der Waals surface area (Å²) >= 11 is 4.36. The molecule has 3 heterocycles. The van der Waals surface area contributed by atoms with Gasteiger partial charge in [0.1, 0.15) is 5.03 Å². The molecule has 0 radical (unpaired) electrons. The highest BCUT2D eigenvalue weighted by atomic mass is 79.9. The van der Waals surface area contributed by atoms with Gasteiger partial charge in [-0.1, -0.05) is 15.9 Å². The third kappa shape index (κ3) is 3.14. The standard InChI is InChI=1S/C13H6BrF3N8S/c14-7-1-3-8(4-2-7)24-12(20-22-23-24)26-10-6-5-9-18-19-11(13(15,16)17)25(9)21-10/h1-6H. The van der Waals surface area contributed by atoms with Crippen LogP contribution in [0.3, 0.4) is 0 Å². The summed E-state index contributed by atoms with van der Waals surface area (Å²) in [5.41, 5.74) is 0.691. The van der Waals surface area contributed by atoms with Crippen LogP contribution in [0.25, 0.3) is 11.3 Å². The van der Waals surface area contributed by atoms with E-state index in [0.29, 0.717) is 15.4 Å². The normalized spacial score (nSPS) is 12.0. The Morgan fingerprint density at radius 2 is 1.73 bits per heavy atom. The quantitative estimate of drug-likeness (QED) is 0.481. The summed E-state index contributed by atoms with van der Waals surface area (Å²) in [6.07, 6.45) is -4.66. The lowest BCUT2D eigenvalue weighted by atomic mass is 10.3. The van der Waals surface area contributed by atoms with Gasteiger partial charge in [-0.15, -0.1) is 15.3 Å². The Kier molecular flexibility index (Phi) is 4.11. The van der Waals surface area contributed by atoms with Gasteiger partial charge in [-0.2, -0.15) is 27.5 Å². The Morgan fingerprint density at radius 3 is 2.46 bits per heavy atom. The van der Waals surface area contributed by atoms with E-state index in [2.05, 4.69) is 46.8 Å². The largest absolute Gasteiger partial charge is 0.453 e. The zero-order chi connectivity index (χ0) is 18.3. The molecule has 132 valence electrons. The first-order valence-corrected chi connectivity index (χ1v) is 8.54. The number of hydrogen-bond donors (Lipinski definition) is 0. The van der Waals surface area contributed by atoms with E-state index in [1.54, 1.807) is 12.1 Å². The van der Waals surface area contributed by atoms with Crippen molar-refractivity contribution in [2.45, 2.75) is 16.4 Å². The van der Waals surface area contributed by atoms with Gasteiger partial charge in [0.15, 0.2) is 5.65 Å². The number of fused-ring (bicyclic) bond motifs is 1. The number of alkyl halides is 3. The molecule has 0 bridgehead atoms. The summed E-state index contributed by atoms with van der Waals surface area (Å²) in [7, 11) is 0. The van der Waals surface area contributed by atoms with Gasteiger partial charge in [0.2, 0.25) is 5.16 Å². The minimum absolute atomic E-state index is 0.00539. The number of tetrazole rings is 1. The minimum atomic E-state index is -4.66. The fraction of sp³-hybridized carbons (Fsp3) is 0.0769. The van der Waals surface area contributed by atoms with Crippen LogP contribution in [0.2, 0.25) is 0 Å². The molecule has 0 aliphatic heterocycles. The summed E-state index contributed by atoms with van der Waals surface area (Å²) in [6, 6.07) is 10.1. The Balaban J connectivity index is 1.70. The van der Waals surface area contributed by atoms with Gasteiger partial charge in [-0.25, -0.2) is 0 Å². The van der Waals surface area contributed by atoms with Gasteiger partial charge in [0.05, 0.1) is 5.69 Å². The maximum atomic E-state index is 13.0. The molecule has 0 fully saturated rings. The Morgan fingerprint density at radius 1 is 0.962 bits per heavy atom. The predicted molar refractivity (Wildman–Crippen MR) is 86.8 cm³/mol. The van der Waals surface area contributed by atoms with Gasteiger partial charge < -0.3 is 0 Å². The zero-order valence-electron chi connectivity index (χ0n) is 12.5. The van der Waals surface area contributed by atoms with Gasteiger partial charge in [0.25, 0.3) is 5.82 Å². The van der Waals surface area contributed by atoms with Crippen molar-refractivity contribution in [3.8, 4) is 5.69 Å². The molecule has 4 rings (SSSR count). The molecule has 0 saturated heterocycles. The first-order chi connectivity index (χ1) is 12.4. The molecule has 0 unspecified atom stereocenters. The van der Waals surface area contributed by atoms with Crippen molar-refractivity contribution >= 4 is 33.3 Å². The number of benzene rings is 1. The van der Waals surface area contributed by atoms with Crippen LogP contribution in [0, 0.1) is 0 Å². The SMILES string of the molecule is FC(F)(F)c1nnc2ccc(Sc3nnnn3-c3ccc(Br)cc3)nn12. The van der Waals surface area contributed by atoms with E-state index < -0.39 is 12.0 Å². The molecule has 0 saturated carbocycles. The lowest BCUT2D eigenvalue weighted by Gasteiger charge is -2.05. The molecule has 26 heavy (non-hydrogen) atoms. The smallest absolute Gasteiger partial charge is 0.188 e. The van der Waals surface area contributed by atoms with Crippen LogP contribution >= 0.6 is 27.7 Å². The summed E-state index contributed by atoms with van der Waals surface area (Å²) in [6.45, 7) is 0. The van der Waals surface area contributed by atoms with E-state index in [4.69, 9.17) is 0 Å². The molecule has 0 aliphatic rings. The monoisotopic (exact) mass is 442 g/mol. The number of rotatable bonds is 3. The summed E-state index contributed by atoms with van der Waals surface area (Å²) in [5.74, 6) is -1.19. The van der Waals surface area contributed by atoms with Crippen LogP contribution in [0.15, 0.2) is 51.1 Å². The maximum Gasteiger partial charge on any atom is 0.453 e. The lowest BCUT2D eigenvalue weighted by molar-refractivity contribution is -0.146. The molecule has 0 atom stereocenters. The van der Waals surface area contributed by atoms with Crippen molar-refractivity contribution in [3.63, 3.8) is 0 Å². The van der Waals surface area contributed by atoms with Gasteiger partial charge in [0, 0.05) is 4.47 Å². The second-order valence-corrected chi connectivity index (χ2v) is 6.82. The van der Waals surface area contributed by atoms with Crippen LogP contribution in [0.5, 0.6) is 0 Å². The fourth-order valence-corrected chi connectivity index (χ4v) is 3.10. The van der Waals surface area contributed by atoms with E-state index in [-0.39, 0.29) is 10.7 Å². The lowest BCUT2D eigenvalue weighted by Crippen LogP contribution is -2.12. The summed E-state index contributed by atoms with van der Waals surface area (Å²) in [5, 5.41) is 22.6. The van der Waals surface area contributed by atoms with Gasteiger partial charge >= 0.3 is 6.18 Å². The van der Waals surface area contributed by atoms with Gasteiger partial charge in [-0.05, 0) is 58.6 Å². The average molecular weight is 443 g/mol. The van der Waals surface area contributed by atoms with E-state index in [1.807, 2.05) is 12.1 Å². The minimum Gasteiger partial charge on any atom is -0.188 e. The number of hydrogen-bond acceptors (Lipinski definition) is 7. The average Bonchev–Trinajstić information content (AvgIpc) is 3.21. The van der Waals surface area contributed by atoms with Crippen molar-refractivity contribution in [2.24, 2.45) is 0 Å². The van der Waals surface area contributed by atoms with Crippen molar-refractivity contribution in [1.29, 1.82) is 0 Å². The fourth-order valence-electron chi connectivity index (χ4n) is 2.08. The van der Waals surface area contributed by atoms with Crippen LogP contribution in [-0.2, 0) is 6.18 Å². The number of nitrogens with zero attached hydrogens (tertiary/aromatic N) is 8. The van der Waals surface area contributed by atoms with Crippen LogP contribution in [-0.4, -0.2) is 40.0 Å². The van der Waals surface area contributed by atoms with Crippen LogP contribution in [0.4, 0.5) is 13.2 Å². The first kappa shape index (κ1) is 16.9. The van der Waals surface area contributed by atoms with Crippen LogP contribution in [0.1, 0.15) is 5.82 Å². The third-order valence-corrected chi connectivity index (χ3v) is 4.59. The van der Waals surface area contributed by atoms with Crippen molar-refractivity contribution in [2.75, 3.05) is 0 Å². The van der Waals surface area contributed by atoms with Crippen LogP contribution < -0.4 is 0 Å². The molecule has 0 aliphatic carbocycles. The Labute approximate surface area is 155 Å². The number of aromatic nitrogens is 8. The Hall–Kier alpha value is -2.54. The van der Waals surface area contributed by atoms with E-state index in [9.17, 15) is 13.2 Å². The van der Waals surface area contributed by atoms with Crippen molar-refractivity contribution in [1.82, 2.24) is 40.0 Å². The third-order valence-electron chi connectivity index (χ3n) is 3.20. The molecule has 0 amide bonds. The molecule has 4 aromatic rings. The van der Waals surface area contributed by atoms with E-state index in [1.165, 1.54) is 16.8 Å². The molecule has 8 nitrogen and oxygen atoms in total. The first-order valence-electron chi connectivity index (χ1n) is 6.94. The highest BCUT2D eigenvalue weighted by Crippen LogP contribution is 2.29. The van der Waals surface area contributed by atoms with Gasteiger partial charge in [-0.3, -0.25) is 0 Å². The number of halogens is 4. The maximum absolute atomic E-state index is 13.0. The predicted octanol–water partition coefficient (Wildman–Crippen LogP) is 3.03. The Bertz CT molecular complexity index is 1080. The summed E-state index contributed by atoms with van der Waals surface area (Å²) in [4.78, 5) is 0. The molecule has 3 aromatic heterocycles. The van der Waals surface area contributed by atoms with Crippen molar-refractivity contribution in [3.05, 3.63) is 46.7 Å². The molecule has 13 heteroatoms. The second-order valence-electron chi connectivity index (χ2n) is 4.91. The topological polar surface area (TPSA) is 86.7 Å². The zero-order valence-corrected chi connectivity index (χ0v) is 14.9. The molecule has 1 aromatic carbocycles. The molecular weight excluding hydrogens is 437 g/mol.